The van der Waals surface area contributed by atoms with Crippen LogP contribution in [0.4, 0.5) is 0 Å². The minimum atomic E-state index is -3.23. The van der Waals surface area contributed by atoms with Gasteiger partial charge in [0.25, 0.3) is 0 Å². The van der Waals surface area contributed by atoms with Crippen LogP contribution in [0, 0.1) is 5.41 Å². The largest absolute Gasteiger partial charge is 0.378 e. The molecule has 0 aromatic carbocycles. The molecule has 5 nitrogen and oxygen atoms in total. The summed E-state index contributed by atoms with van der Waals surface area (Å²) in [5, 5.41) is 0. The van der Waals surface area contributed by atoms with Gasteiger partial charge in [-0.1, -0.05) is 13.8 Å². The second kappa shape index (κ2) is 5.00. The molecule has 3 N–H and O–H groups in total. The summed E-state index contributed by atoms with van der Waals surface area (Å²) in [6.45, 7) is 6.80. The van der Waals surface area contributed by atoms with Crippen LogP contribution >= 0.6 is 0 Å². The van der Waals surface area contributed by atoms with Gasteiger partial charge in [-0.2, -0.15) is 0 Å². The maximum Gasteiger partial charge on any atom is 0.213 e. The molecule has 0 aromatic rings. The van der Waals surface area contributed by atoms with Gasteiger partial charge in [-0.05, 0) is 13.3 Å². The molecule has 0 saturated heterocycles. The van der Waals surface area contributed by atoms with Crippen molar-refractivity contribution in [1.82, 2.24) is 4.72 Å². The van der Waals surface area contributed by atoms with Crippen molar-refractivity contribution >= 4 is 10.0 Å². The van der Waals surface area contributed by atoms with Crippen molar-refractivity contribution in [2.75, 3.05) is 18.9 Å². The quantitative estimate of drug-likeness (QED) is 0.699. The lowest BCUT2D eigenvalue weighted by molar-refractivity contribution is -0.108. The fraction of sp³-hybridized carbons (Fsp3) is 1.00. The molecule has 0 aliphatic heterocycles. The van der Waals surface area contributed by atoms with Crippen LogP contribution in [0.15, 0.2) is 0 Å². The third-order valence-corrected chi connectivity index (χ3v) is 4.67. The third-order valence-electron chi connectivity index (χ3n) is 3.25. The van der Waals surface area contributed by atoms with Crippen molar-refractivity contribution < 1.29 is 13.2 Å². The summed E-state index contributed by atoms with van der Waals surface area (Å²) in [4.78, 5) is 0. The van der Waals surface area contributed by atoms with Gasteiger partial charge in [0, 0.05) is 24.6 Å². The van der Waals surface area contributed by atoms with Crippen molar-refractivity contribution in [1.29, 1.82) is 0 Å². The highest BCUT2D eigenvalue weighted by atomic mass is 32.2. The van der Waals surface area contributed by atoms with Gasteiger partial charge >= 0.3 is 0 Å². The minimum absolute atomic E-state index is 0.0150. The summed E-state index contributed by atoms with van der Waals surface area (Å²) in [6.07, 6.45) is 0.882. The number of hydrogen-bond donors (Lipinski definition) is 2. The molecule has 0 aromatic heterocycles. The predicted octanol–water partition coefficient (Wildman–Crippen LogP) is 0.0681. The molecule has 2 unspecified atom stereocenters. The van der Waals surface area contributed by atoms with E-state index < -0.39 is 10.0 Å². The molecular weight excluding hydrogens is 228 g/mol. The first-order valence-electron chi connectivity index (χ1n) is 5.65. The zero-order valence-electron chi connectivity index (χ0n) is 10.2. The van der Waals surface area contributed by atoms with E-state index in [1.807, 2.05) is 20.8 Å². The van der Waals surface area contributed by atoms with Crippen LogP contribution in [0.5, 0.6) is 0 Å². The number of nitrogens with one attached hydrogen (secondary N) is 1. The fourth-order valence-corrected chi connectivity index (χ4v) is 3.26. The smallest absolute Gasteiger partial charge is 0.213 e. The summed E-state index contributed by atoms with van der Waals surface area (Å²) >= 11 is 0. The molecule has 1 fully saturated rings. The van der Waals surface area contributed by atoms with Gasteiger partial charge in [0.15, 0.2) is 0 Å². The van der Waals surface area contributed by atoms with E-state index >= 15 is 0 Å². The molecule has 1 rings (SSSR count). The first-order chi connectivity index (χ1) is 7.33. The van der Waals surface area contributed by atoms with Crippen molar-refractivity contribution in [3.63, 3.8) is 0 Å². The standard InChI is InChI=1S/C10H22N2O3S/c1-4-15-9-7-8(10(9,2)3)12-16(13,14)6-5-11/h8-9,12H,4-7,11H2,1-3H3. The highest BCUT2D eigenvalue weighted by Crippen LogP contribution is 2.42. The molecule has 0 bridgehead atoms. The third kappa shape index (κ3) is 2.94. The molecule has 0 spiro atoms. The molecule has 2 atom stereocenters. The van der Waals surface area contributed by atoms with Crippen LogP contribution in [0.2, 0.25) is 0 Å². The average molecular weight is 250 g/mol. The van der Waals surface area contributed by atoms with Crippen LogP contribution in [-0.4, -0.2) is 39.5 Å². The summed E-state index contributed by atoms with van der Waals surface area (Å²) in [6, 6.07) is -0.0411. The van der Waals surface area contributed by atoms with Crippen molar-refractivity contribution in [2.45, 2.75) is 39.3 Å². The Kier molecular flexibility index (Phi) is 4.34. The molecule has 0 radical (unpaired) electrons. The van der Waals surface area contributed by atoms with Crippen LogP contribution in [0.25, 0.3) is 0 Å². The summed E-state index contributed by atoms with van der Waals surface area (Å²) in [5.41, 5.74) is 5.11. The van der Waals surface area contributed by atoms with E-state index in [2.05, 4.69) is 4.72 Å². The van der Waals surface area contributed by atoms with E-state index in [1.54, 1.807) is 0 Å². The summed E-state index contributed by atoms with van der Waals surface area (Å²) < 4.78 is 31.3. The van der Waals surface area contributed by atoms with Crippen LogP contribution in [0.3, 0.4) is 0 Å². The van der Waals surface area contributed by atoms with Gasteiger partial charge in [-0.15, -0.1) is 0 Å². The van der Waals surface area contributed by atoms with Crippen molar-refractivity contribution in [3.05, 3.63) is 0 Å². The molecule has 96 valence electrons. The lowest BCUT2D eigenvalue weighted by Crippen LogP contribution is -2.62. The predicted molar refractivity (Wildman–Crippen MR) is 63.6 cm³/mol. The van der Waals surface area contributed by atoms with Crippen molar-refractivity contribution in [3.8, 4) is 0 Å². The minimum Gasteiger partial charge on any atom is -0.378 e. The Bertz CT molecular complexity index is 327. The topological polar surface area (TPSA) is 81.4 Å². The zero-order chi connectivity index (χ0) is 12.4. The van der Waals surface area contributed by atoms with E-state index in [4.69, 9.17) is 10.5 Å². The van der Waals surface area contributed by atoms with Gasteiger partial charge in [-0.25, -0.2) is 13.1 Å². The molecule has 16 heavy (non-hydrogen) atoms. The molecule has 1 saturated carbocycles. The molecule has 0 heterocycles. The highest BCUT2D eigenvalue weighted by molar-refractivity contribution is 7.89. The van der Waals surface area contributed by atoms with E-state index in [0.717, 1.165) is 6.42 Å². The first kappa shape index (κ1) is 13.9. The Morgan fingerprint density at radius 2 is 2.12 bits per heavy atom. The Labute approximate surface area is 97.8 Å². The van der Waals surface area contributed by atoms with Crippen LogP contribution in [-0.2, 0) is 14.8 Å². The zero-order valence-corrected chi connectivity index (χ0v) is 11.0. The molecule has 1 aliphatic carbocycles. The van der Waals surface area contributed by atoms with E-state index in [-0.39, 0.29) is 29.9 Å². The van der Waals surface area contributed by atoms with Crippen molar-refractivity contribution in [2.24, 2.45) is 11.1 Å². The van der Waals surface area contributed by atoms with Gasteiger partial charge in [0.05, 0.1) is 11.9 Å². The van der Waals surface area contributed by atoms with Crippen LogP contribution in [0.1, 0.15) is 27.2 Å². The summed E-state index contributed by atoms with van der Waals surface area (Å²) in [5.74, 6) is -0.0150. The van der Waals surface area contributed by atoms with Gasteiger partial charge in [-0.3, -0.25) is 0 Å². The molecule has 6 heteroatoms. The second-order valence-corrected chi connectivity index (χ2v) is 6.65. The first-order valence-corrected chi connectivity index (χ1v) is 7.30. The van der Waals surface area contributed by atoms with Crippen LogP contribution < -0.4 is 10.5 Å². The lowest BCUT2D eigenvalue weighted by atomic mass is 9.65. The van der Waals surface area contributed by atoms with Gasteiger partial charge in [0.1, 0.15) is 0 Å². The van der Waals surface area contributed by atoms with Gasteiger partial charge in [0.2, 0.25) is 10.0 Å². The summed E-state index contributed by atoms with van der Waals surface area (Å²) in [7, 11) is -3.23. The Balaban J connectivity index is 2.54. The van der Waals surface area contributed by atoms with Gasteiger partial charge < -0.3 is 10.5 Å². The normalized spacial score (nSPS) is 28.8. The fourth-order valence-electron chi connectivity index (χ4n) is 2.00. The molecule has 1 aliphatic rings. The number of rotatable bonds is 6. The molecular formula is C10H22N2O3S. The maximum atomic E-state index is 11.6. The Morgan fingerprint density at radius 1 is 1.50 bits per heavy atom. The lowest BCUT2D eigenvalue weighted by Gasteiger charge is -2.51. The second-order valence-electron chi connectivity index (χ2n) is 4.78. The SMILES string of the molecule is CCOC1CC(NS(=O)(=O)CCN)C1(C)C. The number of ether oxygens (including phenoxy) is 1. The monoisotopic (exact) mass is 250 g/mol. The molecule has 0 amide bonds. The van der Waals surface area contributed by atoms with E-state index in [1.165, 1.54) is 0 Å². The Morgan fingerprint density at radius 3 is 2.56 bits per heavy atom. The number of nitrogens with two attached hydrogens (primary N) is 1. The number of hydrogen-bond acceptors (Lipinski definition) is 4. The Hall–Kier alpha value is -0.170. The van der Waals surface area contributed by atoms with E-state index in [9.17, 15) is 8.42 Å². The van der Waals surface area contributed by atoms with E-state index in [0.29, 0.717) is 6.61 Å². The number of sulfonamides is 1. The highest BCUT2D eigenvalue weighted by Gasteiger charge is 2.50. The average Bonchev–Trinajstić information content (AvgIpc) is 2.16. The maximum absolute atomic E-state index is 11.6.